The van der Waals surface area contributed by atoms with Gasteiger partial charge in [-0.25, -0.2) is 14.4 Å². The quantitative estimate of drug-likeness (QED) is 0.207. The van der Waals surface area contributed by atoms with Crippen LogP contribution in [0.15, 0.2) is 5.16 Å². The van der Waals surface area contributed by atoms with E-state index >= 15 is 0 Å². The zero-order valence-corrected chi connectivity index (χ0v) is 9.88. The van der Waals surface area contributed by atoms with Crippen LogP contribution < -0.4 is 0 Å². The molecule has 17 heavy (non-hydrogen) atoms. The van der Waals surface area contributed by atoms with E-state index in [2.05, 4.69) is 24.2 Å². The molecule has 0 spiro atoms. The van der Waals surface area contributed by atoms with E-state index in [4.69, 9.17) is 0 Å². The van der Waals surface area contributed by atoms with E-state index in [-0.39, 0.29) is 0 Å². The fourth-order valence-electron chi connectivity index (χ4n) is 0.692. The lowest BCUT2D eigenvalue weighted by atomic mass is 10.4. The number of hydrogen-bond donors (Lipinski definition) is 0. The maximum atomic E-state index is 11.1. The number of esters is 3. The van der Waals surface area contributed by atoms with Crippen molar-refractivity contribution in [3.05, 3.63) is 0 Å². The summed E-state index contributed by atoms with van der Waals surface area (Å²) in [4.78, 5) is 37.8. The third-order valence-corrected chi connectivity index (χ3v) is 1.59. The molecule has 0 heterocycles. The highest BCUT2D eigenvalue weighted by Gasteiger charge is 2.24. The minimum Gasteiger partial charge on any atom is -0.466 e. The Balaban J connectivity index is 4.77. The molecule has 1 unspecified atom stereocenters. The molecule has 0 saturated heterocycles. The Kier molecular flexibility index (Phi) is 6.30. The largest absolute Gasteiger partial charge is 0.466 e. The molecule has 0 N–H and O–H groups in total. The van der Waals surface area contributed by atoms with E-state index in [9.17, 15) is 14.4 Å². The van der Waals surface area contributed by atoms with Crippen molar-refractivity contribution in [3.8, 4) is 0 Å². The predicted octanol–water partition coefficient (Wildman–Crippen LogP) is -0.734. The molecule has 0 radical (unpaired) electrons. The van der Waals surface area contributed by atoms with Crippen LogP contribution in [0, 0.1) is 0 Å². The van der Waals surface area contributed by atoms with E-state index in [0.29, 0.717) is 0 Å². The minimum absolute atomic E-state index is 0.703. The van der Waals surface area contributed by atoms with Gasteiger partial charge in [-0.1, -0.05) is 5.16 Å². The molecule has 96 valence electrons. The van der Waals surface area contributed by atoms with Crippen LogP contribution in [-0.4, -0.2) is 51.1 Å². The van der Waals surface area contributed by atoms with Crippen molar-refractivity contribution in [1.82, 2.24) is 0 Å². The molecule has 0 aromatic heterocycles. The van der Waals surface area contributed by atoms with E-state index in [0.717, 1.165) is 21.3 Å². The van der Waals surface area contributed by atoms with Gasteiger partial charge in [0.05, 0.1) is 21.3 Å². The number of oxime groups is 1. The van der Waals surface area contributed by atoms with Crippen LogP contribution in [0.5, 0.6) is 0 Å². The molecule has 0 aromatic rings. The molecule has 0 amide bonds. The summed E-state index contributed by atoms with van der Waals surface area (Å²) in [5, 5.41) is 3.20. The van der Waals surface area contributed by atoms with Crippen molar-refractivity contribution in [2.24, 2.45) is 5.16 Å². The van der Waals surface area contributed by atoms with Gasteiger partial charge in [-0.15, -0.1) is 0 Å². The van der Waals surface area contributed by atoms with E-state index < -0.39 is 29.7 Å². The number of ether oxygens (including phenoxy) is 3. The molecule has 1 atom stereocenters. The minimum atomic E-state index is -1.07. The molecule has 0 aromatic carbocycles. The standard InChI is InChI=1S/C9H13NO7/c1-5(7(11)14-2)17-10-6(8(12)15-3)9(13)16-4/h5H,1-4H3. The Labute approximate surface area is 97.4 Å². The van der Waals surface area contributed by atoms with E-state index in [1.165, 1.54) is 6.92 Å². The van der Waals surface area contributed by atoms with Gasteiger partial charge in [0.2, 0.25) is 6.10 Å². The fraction of sp³-hybridized carbons (Fsp3) is 0.556. The van der Waals surface area contributed by atoms with Crippen molar-refractivity contribution >= 4 is 23.6 Å². The molecule has 0 aliphatic carbocycles. The molecule has 0 saturated carbocycles. The average molecular weight is 247 g/mol. The monoisotopic (exact) mass is 247 g/mol. The third-order valence-electron chi connectivity index (χ3n) is 1.59. The summed E-state index contributed by atoms with van der Waals surface area (Å²) < 4.78 is 12.9. The zero-order valence-electron chi connectivity index (χ0n) is 9.88. The van der Waals surface area contributed by atoms with Gasteiger partial charge in [0.1, 0.15) is 0 Å². The first-order valence-electron chi connectivity index (χ1n) is 4.46. The first-order chi connectivity index (χ1) is 7.97. The van der Waals surface area contributed by atoms with Crippen LogP contribution in [0.25, 0.3) is 0 Å². The maximum Gasteiger partial charge on any atom is 0.367 e. The fourth-order valence-corrected chi connectivity index (χ4v) is 0.692. The SMILES string of the molecule is COC(=O)C(=NOC(C)C(=O)OC)C(=O)OC. The van der Waals surface area contributed by atoms with Crippen LogP contribution in [-0.2, 0) is 33.4 Å². The van der Waals surface area contributed by atoms with Crippen molar-refractivity contribution in [2.45, 2.75) is 13.0 Å². The second-order valence-electron chi connectivity index (χ2n) is 2.69. The first-order valence-corrected chi connectivity index (χ1v) is 4.46. The highest BCUT2D eigenvalue weighted by molar-refractivity contribution is 6.62. The van der Waals surface area contributed by atoms with Gasteiger partial charge in [0.15, 0.2) is 0 Å². The smallest absolute Gasteiger partial charge is 0.367 e. The Bertz CT molecular complexity index is 318. The summed E-state index contributed by atoms with van der Waals surface area (Å²) in [6.07, 6.45) is -1.07. The summed E-state index contributed by atoms with van der Waals surface area (Å²) in [6.45, 7) is 1.33. The van der Waals surface area contributed by atoms with Crippen LogP contribution >= 0.6 is 0 Å². The van der Waals surface area contributed by atoms with Crippen LogP contribution in [0.3, 0.4) is 0 Å². The molecule has 0 bridgehead atoms. The van der Waals surface area contributed by atoms with Crippen molar-refractivity contribution in [2.75, 3.05) is 21.3 Å². The lowest BCUT2D eigenvalue weighted by Crippen LogP contribution is -2.28. The number of hydrogen-bond acceptors (Lipinski definition) is 8. The summed E-state index contributed by atoms with van der Waals surface area (Å²) in [5.41, 5.74) is -0.703. The van der Waals surface area contributed by atoms with Crippen LogP contribution in [0.4, 0.5) is 0 Å². The van der Waals surface area contributed by atoms with Gasteiger partial charge in [-0.3, -0.25) is 0 Å². The zero-order chi connectivity index (χ0) is 13.4. The topological polar surface area (TPSA) is 100 Å². The second-order valence-corrected chi connectivity index (χ2v) is 2.69. The molecule has 0 rings (SSSR count). The van der Waals surface area contributed by atoms with Gasteiger partial charge in [-0.2, -0.15) is 0 Å². The summed E-state index contributed by atoms with van der Waals surface area (Å²) in [6, 6.07) is 0. The lowest BCUT2D eigenvalue weighted by Gasteiger charge is -2.07. The number of methoxy groups -OCH3 is 3. The number of rotatable bonds is 5. The van der Waals surface area contributed by atoms with E-state index in [1.54, 1.807) is 0 Å². The Morgan fingerprint density at radius 1 is 0.941 bits per heavy atom. The van der Waals surface area contributed by atoms with Crippen LogP contribution in [0.1, 0.15) is 6.92 Å². The van der Waals surface area contributed by atoms with E-state index in [1.807, 2.05) is 0 Å². The second kappa shape index (κ2) is 7.20. The van der Waals surface area contributed by atoms with Crippen molar-refractivity contribution < 1.29 is 33.4 Å². The predicted molar refractivity (Wildman–Crippen MR) is 54.0 cm³/mol. The normalized spacial score (nSPS) is 10.8. The van der Waals surface area contributed by atoms with Gasteiger partial charge in [-0.05, 0) is 6.92 Å². The molecule has 8 heteroatoms. The Morgan fingerprint density at radius 3 is 1.76 bits per heavy atom. The summed E-state index contributed by atoms with van der Waals surface area (Å²) in [7, 11) is 3.28. The molecule has 8 nitrogen and oxygen atoms in total. The van der Waals surface area contributed by atoms with Crippen LogP contribution in [0.2, 0.25) is 0 Å². The van der Waals surface area contributed by atoms with Crippen molar-refractivity contribution in [1.29, 1.82) is 0 Å². The first kappa shape index (κ1) is 14.9. The molecule has 0 aliphatic rings. The maximum absolute atomic E-state index is 11.1. The third kappa shape index (κ3) is 4.49. The highest BCUT2D eigenvalue weighted by atomic mass is 16.7. The van der Waals surface area contributed by atoms with Gasteiger partial charge in [0.25, 0.3) is 5.71 Å². The van der Waals surface area contributed by atoms with Gasteiger partial charge >= 0.3 is 17.9 Å². The highest BCUT2D eigenvalue weighted by Crippen LogP contribution is 1.97. The molecule has 0 aliphatic heterocycles. The van der Waals surface area contributed by atoms with Crippen molar-refractivity contribution in [3.63, 3.8) is 0 Å². The molecular formula is C9H13NO7. The Morgan fingerprint density at radius 2 is 1.41 bits per heavy atom. The average Bonchev–Trinajstić information content (AvgIpc) is 2.36. The summed E-state index contributed by atoms with van der Waals surface area (Å²) in [5.74, 6) is -2.77. The van der Waals surface area contributed by atoms with Gasteiger partial charge in [0, 0.05) is 0 Å². The number of carbonyl (C=O) groups excluding carboxylic acids is 3. The van der Waals surface area contributed by atoms with Gasteiger partial charge < -0.3 is 19.0 Å². The molecular weight excluding hydrogens is 234 g/mol. The lowest BCUT2D eigenvalue weighted by molar-refractivity contribution is -0.153. The number of nitrogens with zero attached hydrogens (tertiary/aromatic N) is 1. The Hall–Kier alpha value is -2.12. The molecule has 0 fully saturated rings. The number of carbonyl (C=O) groups is 3. The summed E-state index contributed by atoms with van der Waals surface area (Å²) >= 11 is 0.